The number of hydrogen-bond acceptors (Lipinski definition) is 3. The zero-order valence-electron chi connectivity index (χ0n) is 13.4. The van der Waals surface area contributed by atoms with Crippen molar-refractivity contribution in [3.8, 4) is 0 Å². The normalized spacial score (nSPS) is 14.3. The Labute approximate surface area is 138 Å². The number of benzene rings is 1. The van der Waals surface area contributed by atoms with Crippen molar-refractivity contribution in [1.29, 1.82) is 0 Å². The van der Waals surface area contributed by atoms with Gasteiger partial charge in [0.15, 0.2) is 0 Å². The van der Waals surface area contributed by atoms with E-state index in [-0.39, 0.29) is 17.9 Å². The lowest BCUT2D eigenvalue weighted by Gasteiger charge is -2.20. The molecule has 2 amide bonds. The Hall–Kier alpha value is -2.09. The molecule has 0 fully saturated rings. The molecule has 4 N–H and O–H groups in total. The average Bonchev–Trinajstić information content (AvgIpc) is 2.45. The van der Waals surface area contributed by atoms with Gasteiger partial charge >= 0.3 is 6.18 Å². The van der Waals surface area contributed by atoms with Gasteiger partial charge in [0, 0.05) is 6.42 Å². The fourth-order valence-electron chi connectivity index (χ4n) is 2.24. The molecular formula is C16H21F3N2O3. The van der Waals surface area contributed by atoms with E-state index in [1.807, 2.05) is 0 Å². The summed E-state index contributed by atoms with van der Waals surface area (Å²) in [5.74, 6) is -1.78. The summed E-state index contributed by atoms with van der Waals surface area (Å²) in [6.45, 7) is 3.59. The lowest BCUT2D eigenvalue weighted by Crippen LogP contribution is -2.49. The number of alkyl halides is 3. The molecule has 24 heavy (non-hydrogen) atoms. The summed E-state index contributed by atoms with van der Waals surface area (Å²) in [4.78, 5) is 23.4. The number of carbonyl (C=O) groups excluding carboxylic acids is 2. The predicted molar refractivity (Wildman–Crippen MR) is 81.7 cm³/mol. The quantitative estimate of drug-likeness (QED) is 0.700. The number of hydrogen-bond donors (Lipinski definition) is 3. The van der Waals surface area contributed by atoms with Crippen LogP contribution in [0.25, 0.3) is 0 Å². The third-order valence-electron chi connectivity index (χ3n) is 3.40. The van der Waals surface area contributed by atoms with Gasteiger partial charge in [-0.15, -0.1) is 0 Å². The zero-order chi connectivity index (χ0) is 18.5. The van der Waals surface area contributed by atoms with E-state index >= 15 is 0 Å². The molecule has 8 heteroatoms. The molecule has 0 aliphatic heterocycles. The zero-order valence-corrected chi connectivity index (χ0v) is 13.4. The SMILES string of the molecule is CC(C)C[C@@H](O)C(=O)N[C@H](Cc1ccccc1C(F)(F)F)C(N)=O. The van der Waals surface area contributed by atoms with Gasteiger partial charge < -0.3 is 16.2 Å². The van der Waals surface area contributed by atoms with E-state index in [9.17, 15) is 27.9 Å². The monoisotopic (exact) mass is 346 g/mol. The van der Waals surface area contributed by atoms with Crippen LogP contribution in [0, 0.1) is 5.92 Å². The maximum atomic E-state index is 13.0. The first-order chi connectivity index (χ1) is 11.0. The van der Waals surface area contributed by atoms with E-state index < -0.39 is 42.1 Å². The Morgan fingerprint density at radius 1 is 1.25 bits per heavy atom. The van der Waals surface area contributed by atoms with Crippen molar-refractivity contribution in [2.24, 2.45) is 11.7 Å². The summed E-state index contributed by atoms with van der Waals surface area (Å²) in [6.07, 6.45) is -6.19. The molecule has 0 radical (unpaired) electrons. The Morgan fingerprint density at radius 2 is 1.83 bits per heavy atom. The molecule has 0 bridgehead atoms. The van der Waals surface area contributed by atoms with Crippen LogP contribution in [0.2, 0.25) is 0 Å². The van der Waals surface area contributed by atoms with Crippen LogP contribution in [0.4, 0.5) is 13.2 Å². The van der Waals surface area contributed by atoms with Gasteiger partial charge in [0.25, 0.3) is 0 Å². The Kier molecular flexibility index (Phi) is 6.77. The lowest BCUT2D eigenvalue weighted by molar-refractivity contribution is -0.138. The van der Waals surface area contributed by atoms with Crippen LogP contribution in [0.15, 0.2) is 24.3 Å². The van der Waals surface area contributed by atoms with E-state index in [1.165, 1.54) is 18.2 Å². The van der Waals surface area contributed by atoms with E-state index in [2.05, 4.69) is 5.32 Å². The summed E-state index contributed by atoms with van der Waals surface area (Å²) in [6, 6.07) is 3.40. The number of nitrogens with two attached hydrogens (primary N) is 1. The third-order valence-corrected chi connectivity index (χ3v) is 3.40. The molecule has 1 aromatic carbocycles. The molecular weight excluding hydrogens is 325 g/mol. The average molecular weight is 346 g/mol. The largest absolute Gasteiger partial charge is 0.416 e. The molecule has 0 spiro atoms. The minimum atomic E-state index is -4.58. The number of halogens is 3. The minimum Gasteiger partial charge on any atom is -0.383 e. The van der Waals surface area contributed by atoms with Gasteiger partial charge in [-0.05, 0) is 24.0 Å². The molecule has 0 aliphatic rings. The van der Waals surface area contributed by atoms with E-state index in [4.69, 9.17) is 5.73 Å². The maximum absolute atomic E-state index is 13.0. The lowest BCUT2D eigenvalue weighted by atomic mass is 9.98. The molecule has 0 aliphatic carbocycles. The first kappa shape index (κ1) is 20.0. The smallest absolute Gasteiger partial charge is 0.383 e. The Morgan fingerprint density at radius 3 is 2.33 bits per heavy atom. The highest BCUT2D eigenvalue weighted by Gasteiger charge is 2.34. The van der Waals surface area contributed by atoms with Crippen LogP contribution in [-0.4, -0.2) is 29.1 Å². The Bertz CT molecular complexity index is 588. The van der Waals surface area contributed by atoms with Gasteiger partial charge in [-0.3, -0.25) is 9.59 Å². The van der Waals surface area contributed by atoms with Crippen LogP contribution in [0.3, 0.4) is 0 Å². The van der Waals surface area contributed by atoms with Gasteiger partial charge in [0.1, 0.15) is 12.1 Å². The van der Waals surface area contributed by atoms with Gasteiger partial charge in [-0.2, -0.15) is 13.2 Å². The van der Waals surface area contributed by atoms with Crippen LogP contribution >= 0.6 is 0 Å². The van der Waals surface area contributed by atoms with Crippen molar-refractivity contribution in [2.75, 3.05) is 0 Å². The maximum Gasteiger partial charge on any atom is 0.416 e. The van der Waals surface area contributed by atoms with Crippen molar-refractivity contribution in [2.45, 2.75) is 45.0 Å². The standard InChI is InChI=1S/C16H21F3N2O3/c1-9(2)7-13(22)15(24)21-12(14(20)23)8-10-5-3-4-6-11(10)16(17,18)19/h3-6,9,12-13,22H,7-8H2,1-2H3,(H2,20,23)(H,21,24)/t12-,13-/m1/s1. The molecule has 0 saturated carbocycles. The summed E-state index contributed by atoms with van der Waals surface area (Å²) >= 11 is 0. The van der Waals surface area contributed by atoms with Gasteiger partial charge in [-0.1, -0.05) is 32.0 Å². The number of aliphatic hydroxyl groups is 1. The first-order valence-corrected chi connectivity index (χ1v) is 7.45. The van der Waals surface area contributed by atoms with E-state index in [0.29, 0.717) is 0 Å². The second kappa shape index (κ2) is 8.14. The number of rotatable bonds is 7. The summed E-state index contributed by atoms with van der Waals surface area (Å²) in [5, 5.41) is 11.9. The van der Waals surface area contributed by atoms with Gasteiger partial charge in [-0.25, -0.2) is 0 Å². The number of aliphatic hydroxyl groups excluding tert-OH is 1. The fraction of sp³-hybridized carbons (Fsp3) is 0.500. The first-order valence-electron chi connectivity index (χ1n) is 7.45. The minimum absolute atomic E-state index is 0.0312. The van der Waals surface area contributed by atoms with Gasteiger partial charge in [0.05, 0.1) is 5.56 Å². The van der Waals surface area contributed by atoms with Crippen molar-refractivity contribution in [1.82, 2.24) is 5.32 Å². The second-order valence-corrected chi connectivity index (χ2v) is 5.97. The molecule has 2 atom stereocenters. The third kappa shape index (κ3) is 5.84. The highest BCUT2D eigenvalue weighted by atomic mass is 19.4. The molecule has 0 saturated heterocycles. The molecule has 0 aromatic heterocycles. The van der Waals surface area contributed by atoms with Crippen molar-refractivity contribution in [3.63, 3.8) is 0 Å². The molecule has 1 rings (SSSR count). The predicted octanol–water partition coefficient (Wildman–Crippen LogP) is 1.62. The molecule has 5 nitrogen and oxygen atoms in total. The summed E-state index contributed by atoms with van der Waals surface area (Å²) in [5.41, 5.74) is 4.12. The summed E-state index contributed by atoms with van der Waals surface area (Å²) in [7, 11) is 0. The molecule has 1 aromatic rings. The van der Waals surface area contributed by atoms with Crippen molar-refractivity contribution in [3.05, 3.63) is 35.4 Å². The number of primary amides is 1. The fourth-order valence-corrected chi connectivity index (χ4v) is 2.24. The molecule has 134 valence electrons. The summed E-state index contributed by atoms with van der Waals surface area (Å²) < 4.78 is 39.0. The van der Waals surface area contributed by atoms with Crippen LogP contribution in [0.5, 0.6) is 0 Å². The Balaban J connectivity index is 2.93. The van der Waals surface area contributed by atoms with Crippen molar-refractivity contribution >= 4 is 11.8 Å². The number of carbonyl (C=O) groups is 2. The number of nitrogens with one attached hydrogen (secondary N) is 1. The van der Waals surface area contributed by atoms with Crippen molar-refractivity contribution < 1.29 is 27.9 Å². The molecule has 0 heterocycles. The van der Waals surface area contributed by atoms with Gasteiger partial charge in [0.2, 0.25) is 11.8 Å². The van der Waals surface area contributed by atoms with Crippen LogP contribution in [-0.2, 0) is 22.2 Å². The highest BCUT2D eigenvalue weighted by molar-refractivity contribution is 5.88. The highest BCUT2D eigenvalue weighted by Crippen LogP contribution is 2.32. The molecule has 0 unspecified atom stereocenters. The second-order valence-electron chi connectivity index (χ2n) is 5.97. The van der Waals surface area contributed by atoms with E-state index in [1.54, 1.807) is 13.8 Å². The number of amides is 2. The topological polar surface area (TPSA) is 92.4 Å². The van der Waals surface area contributed by atoms with Crippen LogP contribution in [0.1, 0.15) is 31.4 Å². The van der Waals surface area contributed by atoms with Crippen LogP contribution < -0.4 is 11.1 Å². The van der Waals surface area contributed by atoms with E-state index in [0.717, 1.165) is 6.07 Å².